The van der Waals surface area contributed by atoms with Crippen LogP contribution in [0.5, 0.6) is 0 Å². The number of piperazine rings is 1. The monoisotopic (exact) mass is 351 g/mol. The fourth-order valence-corrected chi connectivity index (χ4v) is 3.40. The number of rotatable bonds is 4. The van der Waals surface area contributed by atoms with Gasteiger partial charge < -0.3 is 15.5 Å². The van der Waals surface area contributed by atoms with Crippen molar-refractivity contribution >= 4 is 17.7 Å². The number of carbonyl (C=O) groups is 3. The van der Waals surface area contributed by atoms with Gasteiger partial charge in [0.15, 0.2) is 0 Å². The van der Waals surface area contributed by atoms with E-state index in [0.29, 0.717) is 12.5 Å². The maximum absolute atomic E-state index is 13.2. The molecule has 0 unspecified atom stereocenters. The molecule has 3 atom stereocenters. The number of nitrogens with zero attached hydrogens (tertiary/aromatic N) is 1. The van der Waals surface area contributed by atoms with Gasteiger partial charge in [-0.25, -0.2) is 8.78 Å². The summed E-state index contributed by atoms with van der Waals surface area (Å²) in [7, 11) is 0. The maximum Gasteiger partial charge on any atom is 0.251 e. The van der Waals surface area contributed by atoms with Crippen LogP contribution in [0.3, 0.4) is 0 Å². The first-order valence-corrected chi connectivity index (χ1v) is 8.27. The first-order chi connectivity index (χ1) is 11.9. The van der Waals surface area contributed by atoms with E-state index in [1.807, 2.05) is 6.92 Å². The van der Waals surface area contributed by atoms with Crippen LogP contribution in [0.1, 0.15) is 36.5 Å². The Kier molecular flexibility index (Phi) is 4.69. The van der Waals surface area contributed by atoms with E-state index in [1.54, 1.807) is 0 Å². The van der Waals surface area contributed by atoms with Crippen molar-refractivity contribution in [3.05, 3.63) is 35.4 Å². The van der Waals surface area contributed by atoms with Crippen molar-refractivity contribution in [2.45, 2.75) is 44.3 Å². The Labute approximate surface area is 143 Å². The average molecular weight is 351 g/mol. The molecule has 25 heavy (non-hydrogen) atoms. The lowest BCUT2D eigenvalue weighted by atomic mass is 10.0. The Morgan fingerprint density at radius 2 is 1.96 bits per heavy atom. The lowest BCUT2D eigenvalue weighted by molar-refractivity contribution is -0.147. The van der Waals surface area contributed by atoms with Gasteiger partial charge >= 0.3 is 0 Å². The molecule has 0 aliphatic carbocycles. The van der Waals surface area contributed by atoms with Crippen molar-refractivity contribution < 1.29 is 23.2 Å². The van der Waals surface area contributed by atoms with Crippen molar-refractivity contribution in [3.8, 4) is 0 Å². The summed E-state index contributed by atoms with van der Waals surface area (Å²) in [4.78, 5) is 38.3. The van der Waals surface area contributed by atoms with E-state index < -0.39 is 35.7 Å². The highest BCUT2D eigenvalue weighted by Gasteiger charge is 2.46. The Hall–Kier alpha value is -2.51. The number of carbonyl (C=O) groups excluding carboxylic acids is 3. The largest absolute Gasteiger partial charge is 0.347 e. The molecule has 1 aromatic carbocycles. The van der Waals surface area contributed by atoms with Crippen LogP contribution in [-0.4, -0.2) is 47.3 Å². The molecule has 2 saturated heterocycles. The minimum atomic E-state index is -0.842. The molecule has 2 heterocycles. The molecule has 2 aliphatic heterocycles. The molecule has 0 radical (unpaired) electrons. The molecule has 0 aromatic heterocycles. The lowest BCUT2D eigenvalue weighted by Crippen LogP contribution is -2.61. The third-order valence-electron chi connectivity index (χ3n) is 4.54. The first-order valence-electron chi connectivity index (χ1n) is 8.27. The molecule has 2 aliphatic rings. The number of hydrogen-bond acceptors (Lipinski definition) is 3. The second-order valence-electron chi connectivity index (χ2n) is 6.42. The zero-order valence-corrected chi connectivity index (χ0v) is 13.7. The SMILES string of the molecule is CCC[C@@H]1NC(=O)[C@@H]2C[C@H](NC(=O)c3cc(F)cc(F)c3)CN2C1=O. The van der Waals surface area contributed by atoms with E-state index in [9.17, 15) is 23.2 Å². The highest BCUT2D eigenvalue weighted by molar-refractivity contribution is 5.98. The van der Waals surface area contributed by atoms with Crippen molar-refractivity contribution in [1.29, 1.82) is 0 Å². The lowest BCUT2D eigenvalue weighted by Gasteiger charge is -2.34. The topological polar surface area (TPSA) is 78.5 Å². The van der Waals surface area contributed by atoms with Crippen LogP contribution in [0.2, 0.25) is 0 Å². The normalized spacial score (nSPS) is 25.6. The zero-order chi connectivity index (χ0) is 18.1. The van der Waals surface area contributed by atoms with Crippen LogP contribution in [-0.2, 0) is 9.59 Å². The third kappa shape index (κ3) is 3.47. The summed E-state index contributed by atoms with van der Waals surface area (Å²) in [5, 5.41) is 5.36. The quantitative estimate of drug-likeness (QED) is 0.848. The molecule has 2 N–H and O–H groups in total. The minimum Gasteiger partial charge on any atom is -0.347 e. The second-order valence-corrected chi connectivity index (χ2v) is 6.42. The molecule has 2 fully saturated rings. The van der Waals surface area contributed by atoms with Crippen LogP contribution in [0.4, 0.5) is 8.78 Å². The smallest absolute Gasteiger partial charge is 0.251 e. The number of hydrogen-bond donors (Lipinski definition) is 2. The second kappa shape index (κ2) is 6.78. The summed E-state index contributed by atoms with van der Waals surface area (Å²) in [6, 6.07) is 0.976. The molecular formula is C17H19F2N3O3. The average Bonchev–Trinajstić information content (AvgIpc) is 2.96. The van der Waals surface area contributed by atoms with Gasteiger partial charge in [0.2, 0.25) is 11.8 Å². The van der Waals surface area contributed by atoms with Gasteiger partial charge in [-0.15, -0.1) is 0 Å². The molecule has 6 nitrogen and oxygen atoms in total. The van der Waals surface area contributed by atoms with E-state index in [1.165, 1.54) is 4.90 Å². The number of halogens is 2. The van der Waals surface area contributed by atoms with Gasteiger partial charge in [0.1, 0.15) is 23.7 Å². The Morgan fingerprint density at radius 3 is 2.60 bits per heavy atom. The predicted octanol–water partition coefficient (Wildman–Crippen LogP) is 0.963. The Balaban J connectivity index is 1.69. The summed E-state index contributed by atoms with van der Waals surface area (Å²) >= 11 is 0. The number of fused-ring (bicyclic) bond motifs is 1. The Bertz CT molecular complexity index is 705. The van der Waals surface area contributed by atoms with Gasteiger partial charge in [0.25, 0.3) is 5.91 Å². The van der Waals surface area contributed by atoms with E-state index in [2.05, 4.69) is 10.6 Å². The maximum atomic E-state index is 13.2. The zero-order valence-electron chi connectivity index (χ0n) is 13.7. The summed E-state index contributed by atoms with van der Waals surface area (Å²) in [5.74, 6) is -2.70. The molecule has 0 saturated carbocycles. The minimum absolute atomic E-state index is 0.137. The van der Waals surface area contributed by atoms with Crippen LogP contribution < -0.4 is 10.6 Å². The summed E-state index contributed by atoms with van der Waals surface area (Å²) in [5.41, 5.74) is -0.137. The van der Waals surface area contributed by atoms with Crippen LogP contribution in [0.25, 0.3) is 0 Å². The highest BCUT2D eigenvalue weighted by Crippen LogP contribution is 2.24. The molecule has 8 heteroatoms. The van der Waals surface area contributed by atoms with Crippen LogP contribution >= 0.6 is 0 Å². The van der Waals surface area contributed by atoms with Gasteiger partial charge in [0, 0.05) is 24.2 Å². The number of nitrogens with one attached hydrogen (secondary N) is 2. The van der Waals surface area contributed by atoms with E-state index in [0.717, 1.165) is 18.6 Å². The van der Waals surface area contributed by atoms with Gasteiger partial charge in [0.05, 0.1) is 0 Å². The molecule has 0 spiro atoms. The standard InChI is InChI=1S/C17H19F2N3O3/c1-2-3-13-17(25)22-8-12(7-14(22)16(24)21-13)20-15(23)9-4-10(18)6-11(19)5-9/h4-6,12-14H,2-3,7-8H2,1H3,(H,20,23)(H,21,24)/t12-,13-,14-/m0/s1. The van der Waals surface area contributed by atoms with E-state index in [4.69, 9.17) is 0 Å². The van der Waals surface area contributed by atoms with Crippen molar-refractivity contribution in [2.75, 3.05) is 6.54 Å². The Morgan fingerprint density at radius 1 is 1.28 bits per heavy atom. The molecule has 0 bridgehead atoms. The van der Waals surface area contributed by atoms with Crippen LogP contribution in [0, 0.1) is 11.6 Å². The number of amides is 3. The van der Waals surface area contributed by atoms with Gasteiger partial charge in [-0.1, -0.05) is 13.3 Å². The highest BCUT2D eigenvalue weighted by atomic mass is 19.1. The number of benzene rings is 1. The van der Waals surface area contributed by atoms with Crippen molar-refractivity contribution in [3.63, 3.8) is 0 Å². The summed E-state index contributed by atoms with van der Waals surface area (Å²) in [6.45, 7) is 2.14. The van der Waals surface area contributed by atoms with Crippen molar-refractivity contribution in [2.24, 2.45) is 0 Å². The predicted molar refractivity (Wildman–Crippen MR) is 84.6 cm³/mol. The van der Waals surface area contributed by atoms with Gasteiger partial charge in [-0.2, -0.15) is 0 Å². The van der Waals surface area contributed by atoms with Crippen molar-refractivity contribution in [1.82, 2.24) is 15.5 Å². The fourth-order valence-electron chi connectivity index (χ4n) is 3.40. The molecule has 1 aromatic rings. The van der Waals surface area contributed by atoms with Gasteiger partial charge in [-0.05, 0) is 25.0 Å². The van der Waals surface area contributed by atoms with Gasteiger partial charge in [-0.3, -0.25) is 14.4 Å². The molecule has 3 rings (SSSR count). The fraction of sp³-hybridized carbons (Fsp3) is 0.471. The third-order valence-corrected chi connectivity index (χ3v) is 4.54. The van der Waals surface area contributed by atoms with Crippen LogP contribution in [0.15, 0.2) is 18.2 Å². The van der Waals surface area contributed by atoms with E-state index in [-0.39, 0.29) is 30.3 Å². The summed E-state index contributed by atoms with van der Waals surface area (Å²) in [6.07, 6.45) is 1.60. The first kappa shape index (κ1) is 17.3. The molecule has 134 valence electrons. The summed E-state index contributed by atoms with van der Waals surface area (Å²) < 4.78 is 26.5. The molecule has 3 amide bonds. The molecular weight excluding hydrogens is 332 g/mol. The van der Waals surface area contributed by atoms with E-state index >= 15 is 0 Å².